The Labute approximate surface area is 113 Å². The molecule has 0 aliphatic heterocycles. The standard InChI is InChI=1S/C15H20O4/c1-3-19-14(18)10-7-12(16)8-11-5-4-6-13(17)15(11,2)9-10/h8,10H,3-7,9H2,1-2H3. The van der Waals surface area contributed by atoms with Crippen LogP contribution in [0.3, 0.4) is 0 Å². The molecule has 0 aromatic rings. The maximum absolute atomic E-state index is 12.2. The molecule has 4 nitrogen and oxygen atoms in total. The van der Waals surface area contributed by atoms with Crippen molar-refractivity contribution in [3.05, 3.63) is 11.6 Å². The summed E-state index contributed by atoms with van der Waals surface area (Å²) in [5.74, 6) is -0.765. The van der Waals surface area contributed by atoms with Crippen molar-refractivity contribution in [1.29, 1.82) is 0 Å². The van der Waals surface area contributed by atoms with Gasteiger partial charge in [0.2, 0.25) is 0 Å². The average Bonchev–Trinajstić information content (AvgIpc) is 2.48. The smallest absolute Gasteiger partial charge is 0.309 e. The Kier molecular flexibility index (Phi) is 3.88. The molecule has 0 radical (unpaired) electrons. The second-order valence-corrected chi connectivity index (χ2v) is 5.60. The minimum Gasteiger partial charge on any atom is -0.466 e. The summed E-state index contributed by atoms with van der Waals surface area (Å²) in [5.41, 5.74) is 0.252. The lowest BCUT2D eigenvalue weighted by Crippen LogP contribution is -2.36. The molecule has 2 rings (SSSR count). The Morgan fingerprint density at radius 2 is 2.16 bits per heavy atom. The summed E-state index contributed by atoms with van der Waals surface area (Å²) in [6, 6.07) is 0. The van der Waals surface area contributed by atoms with Crippen molar-refractivity contribution < 1.29 is 19.1 Å². The number of carbonyl (C=O) groups excluding carboxylic acids is 3. The van der Waals surface area contributed by atoms with Gasteiger partial charge in [-0.1, -0.05) is 5.57 Å². The Morgan fingerprint density at radius 3 is 2.84 bits per heavy atom. The van der Waals surface area contributed by atoms with Gasteiger partial charge in [-0.15, -0.1) is 0 Å². The number of fused-ring (bicyclic) bond motifs is 1. The molecule has 0 saturated heterocycles. The van der Waals surface area contributed by atoms with Gasteiger partial charge in [-0.05, 0) is 39.2 Å². The number of hydrogen-bond donors (Lipinski definition) is 0. The van der Waals surface area contributed by atoms with Crippen LogP contribution in [0.5, 0.6) is 0 Å². The zero-order valence-electron chi connectivity index (χ0n) is 11.5. The van der Waals surface area contributed by atoms with Gasteiger partial charge in [-0.3, -0.25) is 14.4 Å². The number of ketones is 2. The van der Waals surface area contributed by atoms with E-state index in [2.05, 4.69) is 0 Å². The first-order valence-electron chi connectivity index (χ1n) is 6.91. The fourth-order valence-corrected chi connectivity index (χ4v) is 3.13. The highest BCUT2D eigenvalue weighted by atomic mass is 16.5. The van der Waals surface area contributed by atoms with Crippen molar-refractivity contribution in [2.24, 2.45) is 11.3 Å². The summed E-state index contributed by atoms with van der Waals surface area (Å²) in [4.78, 5) is 36.1. The topological polar surface area (TPSA) is 60.4 Å². The fourth-order valence-electron chi connectivity index (χ4n) is 3.13. The predicted octanol–water partition coefficient (Wildman–Crippen LogP) is 2.21. The van der Waals surface area contributed by atoms with Gasteiger partial charge in [-0.25, -0.2) is 0 Å². The number of Topliss-reactive ketones (excluding diaryl/α,β-unsaturated/α-hetero) is 1. The summed E-state index contributed by atoms with van der Waals surface area (Å²) < 4.78 is 5.02. The van der Waals surface area contributed by atoms with Crippen LogP contribution in [0.25, 0.3) is 0 Å². The molecule has 0 heterocycles. The van der Waals surface area contributed by atoms with E-state index in [-0.39, 0.29) is 24.0 Å². The van der Waals surface area contributed by atoms with E-state index in [0.717, 1.165) is 18.4 Å². The molecular weight excluding hydrogens is 244 g/mol. The van der Waals surface area contributed by atoms with Gasteiger partial charge in [0.1, 0.15) is 5.78 Å². The van der Waals surface area contributed by atoms with Crippen LogP contribution in [0.4, 0.5) is 0 Å². The maximum Gasteiger partial charge on any atom is 0.309 e. The van der Waals surface area contributed by atoms with Crippen LogP contribution in [0.1, 0.15) is 46.0 Å². The summed E-state index contributed by atoms with van der Waals surface area (Å²) in [6.07, 6.45) is 4.28. The third-order valence-electron chi connectivity index (χ3n) is 4.23. The largest absolute Gasteiger partial charge is 0.466 e. The lowest BCUT2D eigenvalue weighted by molar-refractivity contribution is -0.150. The summed E-state index contributed by atoms with van der Waals surface area (Å²) in [7, 11) is 0. The Bertz CT molecular complexity index is 449. The number of hydrogen-bond acceptors (Lipinski definition) is 4. The average molecular weight is 264 g/mol. The van der Waals surface area contributed by atoms with Gasteiger partial charge < -0.3 is 4.74 Å². The molecule has 1 saturated carbocycles. The van der Waals surface area contributed by atoms with Crippen molar-refractivity contribution >= 4 is 17.5 Å². The second kappa shape index (κ2) is 5.27. The quantitative estimate of drug-likeness (QED) is 0.717. The molecular formula is C15H20O4. The zero-order chi connectivity index (χ0) is 14.0. The van der Waals surface area contributed by atoms with Crippen LogP contribution in [-0.2, 0) is 19.1 Å². The summed E-state index contributed by atoms with van der Waals surface area (Å²) in [5, 5.41) is 0. The molecule has 19 heavy (non-hydrogen) atoms. The van der Waals surface area contributed by atoms with E-state index in [9.17, 15) is 14.4 Å². The molecule has 0 spiro atoms. The first-order valence-corrected chi connectivity index (χ1v) is 6.91. The molecule has 0 aromatic carbocycles. The molecule has 4 heteroatoms. The van der Waals surface area contributed by atoms with E-state index in [1.54, 1.807) is 13.0 Å². The van der Waals surface area contributed by atoms with E-state index in [4.69, 9.17) is 4.74 Å². The monoisotopic (exact) mass is 264 g/mol. The Morgan fingerprint density at radius 1 is 1.42 bits per heavy atom. The molecule has 0 aromatic heterocycles. The van der Waals surface area contributed by atoms with Crippen molar-refractivity contribution in [3.8, 4) is 0 Å². The molecule has 2 aliphatic rings. The van der Waals surface area contributed by atoms with Gasteiger partial charge in [0.05, 0.1) is 12.5 Å². The maximum atomic E-state index is 12.2. The Balaban J connectivity index is 2.30. The normalized spacial score (nSPS) is 31.3. The fraction of sp³-hybridized carbons (Fsp3) is 0.667. The lowest BCUT2D eigenvalue weighted by Gasteiger charge is -2.35. The summed E-state index contributed by atoms with van der Waals surface area (Å²) >= 11 is 0. The van der Waals surface area contributed by atoms with Crippen molar-refractivity contribution in [3.63, 3.8) is 0 Å². The molecule has 2 atom stereocenters. The number of rotatable bonds is 2. The zero-order valence-corrected chi connectivity index (χ0v) is 11.5. The van der Waals surface area contributed by atoms with E-state index in [0.29, 0.717) is 19.4 Å². The highest BCUT2D eigenvalue weighted by Gasteiger charge is 2.44. The second-order valence-electron chi connectivity index (χ2n) is 5.60. The molecule has 2 aliphatic carbocycles. The highest BCUT2D eigenvalue weighted by Crippen LogP contribution is 2.45. The third-order valence-corrected chi connectivity index (χ3v) is 4.23. The minimum atomic E-state index is -0.651. The minimum absolute atomic E-state index is 0.0634. The highest BCUT2D eigenvalue weighted by molar-refractivity contribution is 5.98. The number of esters is 1. The molecule has 1 fully saturated rings. The van der Waals surface area contributed by atoms with Crippen LogP contribution < -0.4 is 0 Å². The first-order chi connectivity index (χ1) is 8.97. The lowest BCUT2D eigenvalue weighted by atomic mass is 9.67. The van der Waals surface area contributed by atoms with Crippen molar-refractivity contribution in [2.45, 2.75) is 46.0 Å². The molecule has 0 amide bonds. The van der Waals surface area contributed by atoms with E-state index < -0.39 is 11.3 Å². The van der Waals surface area contributed by atoms with Crippen LogP contribution >= 0.6 is 0 Å². The molecule has 104 valence electrons. The number of allylic oxidation sites excluding steroid dienone is 2. The van der Waals surface area contributed by atoms with E-state index in [1.807, 2.05) is 6.92 Å². The van der Waals surface area contributed by atoms with E-state index in [1.165, 1.54) is 0 Å². The molecule has 0 bridgehead atoms. The van der Waals surface area contributed by atoms with Gasteiger partial charge >= 0.3 is 5.97 Å². The van der Waals surface area contributed by atoms with Crippen molar-refractivity contribution in [1.82, 2.24) is 0 Å². The van der Waals surface area contributed by atoms with Crippen molar-refractivity contribution in [2.75, 3.05) is 6.61 Å². The SMILES string of the molecule is CCOC(=O)C1CC(=O)C=C2CCCC(=O)C2(C)C1. The number of ether oxygens (including phenoxy) is 1. The van der Waals surface area contributed by atoms with E-state index >= 15 is 0 Å². The number of carbonyl (C=O) groups is 3. The van der Waals surface area contributed by atoms with Gasteiger partial charge in [0, 0.05) is 18.3 Å². The van der Waals surface area contributed by atoms with Crippen LogP contribution in [0.15, 0.2) is 11.6 Å². The summed E-state index contributed by atoms with van der Waals surface area (Å²) in [6.45, 7) is 3.91. The van der Waals surface area contributed by atoms with Gasteiger partial charge in [0.15, 0.2) is 5.78 Å². The van der Waals surface area contributed by atoms with Crippen LogP contribution in [0, 0.1) is 11.3 Å². The predicted molar refractivity (Wildman–Crippen MR) is 69.4 cm³/mol. The molecule has 2 unspecified atom stereocenters. The molecule has 0 N–H and O–H groups in total. The first kappa shape index (κ1) is 14.0. The van der Waals surface area contributed by atoms with Gasteiger partial charge in [0.25, 0.3) is 0 Å². The Hall–Kier alpha value is -1.45. The van der Waals surface area contributed by atoms with Gasteiger partial charge in [-0.2, -0.15) is 0 Å². The van der Waals surface area contributed by atoms with Crippen LogP contribution in [0.2, 0.25) is 0 Å². The third kappa shape index (κ3) is 2.62. The van der Waals surface area contributed by atoms with Crippen LogP contribution in [-0.4, -0.2) is 24.1 Å².